The Morgan fingerprint density at radius 1 is 1.19 bits per heavy atom. The lowest BCUT2D eigenvalue weighted by Crippen LogP contribution is -2.03. The molecule has 0 fully saturated rings. The van der Waals surface area contributed by atoms with Crippen LogP contribution in [0, 0.1) is 18.6 Å². The Hall–Kier alpha value is -1.79. The van der Waals surface area contributed by atoms with E-state index >= 15 is 0 Å². The zero-order valence-corrected chi connectivity index (χ0v) is 14.0. The number of pyridine rings is 1. The van der Waals surface area contributed by atoms with E-state index in [1.165, 1.54) is 0 Å². The van der Waals surface area contributed by atoms with E-state index in [4.69, 9.17) is 12.2 Å². The van der Waals surface area contributed by atoms with Crippen LogP contribution in [0.4, 0.5) is 0 Å². The minimum Gasteiger partial charge on any atom is -0.266 e. The van der Waals surface area contributed by atoms with Crippen molar-refractivity contribution >= 4 is 28.1 Å². The molecule has 6 heteroatoms. The first-order chi connectivity index (χ1) is 10.1. The summed E-state index contributed by atoms with van der Waals surface area (Å²) in [6.45, 7) is 4.12. The van der Waals surface area contributed by atoms with Gasteiger partial charge in [0.15, 0.2) is 10.6 Å². The van der Waals surface area contributed by atoms with Crippen molar-refractivity contribution in [3.63, 3.8) is 0 Å². The molecule has 3 rings (SSSR count). The van der Waals surface area contributed by atoms with Crippen molar-refractivity contribution in [3.05, 3.63) is 56.9 Å². The molecular weight excluding hydrogens is 348 g/mol. The predicted molar refractivity (Wildman–Crippen MR) is 89.2 cm³/mol. The zero-order valence-electron chi connectivity index (χ0n) is 11.6. The van der Waals surface area contributed by atoms with E-state index in [1.807, 2.05) is 22.8 Å². The largest absolute Gasteiger partial charge is 0.266 e. The van der Waals surface area contributed by atoms with Crippen molar-refractivity contribution < 1.29 is 0 Å². The Morgan fingerprint density at radius 2 is 1.90 bits per heavy atom. The molecule has 0 amide bonds. The summed E-state index contributed by atoms with van der Waals surface area (Å²) in [5.74, 6) is 0.717. The standard InChI is InChI=1S/C15H13BrN4S/c1-9-7-11(16)8-10(2)13(9)20-14(18-19-15(20)21)12-5-3-4-6-17-12/h3-8H,1-2H3,(H,19,21). The lowest BCUT2D eigenvalue weighted by Gasteiger charge is -2.13. The van der Waals surface area contributed by atoms with Crippen molar-refractivity contribution in [1.29, 1.82) is 0 Å². The summed E-state index contributed by atoms with van der Waals surface area (Å²) in [5, 5.41) is 7.21. The van der Waals surface area contributed by atoms with Gasteiger partial charge in [0, 0.05) is 10.7 Å². The van der Waals surface area contributed by atoms with E-state index in [1.54, 1.807) is 6.20 Å². The van der Waals surface area contributed by atoms with Crippen LogP contribution in [0.1, 0.15) is 11.1 Å². The van der Waals surface area contributed by atoms with Crippen LogP contribution in [-0.2, 0) is 0 Å². The summed E-state index contributed by atoms with van der Waals surface area (Å²) in [6.07, 6.45) is 1.75. The molecular formula is C15H13BrN4S. The number of hydrogen-bond donors (Lipinski definition) is 1. The highest BCUT2D eigenvalue weighted by atomic mass is 79.9. The quantitative estimate of drug-likeness (QED) is 0.690. The van der Waals surface area contributed by atoms with Gasteiger partial charge in [-0.15, -0.1) is 0 Å². The molecule has 0 bridgehead atoms. The van der Waals surface area contributed by atoms with Gasteiger partial charge in [0.25, 0.3) is 0 Å². The molecule has 0 radical (unpaired) electrons. The topological polar surface area (TPSA) is 46.5 Å². The van der Waals surface area contributed by atoms with Gasteiger partial charge in [-0.1, -0.05) is 22.0 Å². The van der Waals surface area contributed by atoms with Gasteiger partial charge in [-0.3, -0.25) is 14.6 Å². The molecule has 0 saturated heterocycles. The molecule has 2 aromatic heterocycles. The van der Waals surface area contributed by atoms with E-state index in [0.29, 0.717) is 10.6 Å². The molecule has 1 N–H and O–H groups in total. The van der Waals surface area contributed by atoms with Gasteiger partial charge in [0.1, 0.15) is 5.69 Å². The first-order valence-corrected chi connectivity index (χ1v) is 7.64. The van der Waals surface area contributed by atoms with Crippen LogP contribution < -0.4 is 0 Å². The lowest BCUT2D eigenvalue weighted by molar-refractivity contribution is 1.000. The van der Waals surface area contributed by atoms with Crippen molar-refractivity contribution in [2.75, 3.05) is 0 Å². The first-order valence-electron chi connectivity index (χ1n) is 6.44. The summed E-state index contributed by atoms with van der Waals surface area (Å²) >= 11 is 8.93. The summed E-state index contributed by atoms with van der Waals surface area (Å²) in [7, 11) is 0. The third kappa shape index (κ3) is 2.56. The van der Waals surface area contributed by atoms with Crippen molar-refractivity contribution in [3.8, 4) is 17.2 Å². The first kappa shape index (κ1) is 14.2. The van der Waals surface area contributed by atoms with Gasteiger partial charge in [0.2, 0.25) is 0 Å². The predicted octanol–water partition coefficient (Wildman–Crippen LogP) is 4.37. The van der Waals surface area contributed by atoms with Crippen LogP contribution in [0.3, 0.4) is 0 Å². The second-order valence-corrected chi connectivity index (χ2v) is 6.09. The van der Waals surface area contributed by atoms with Crippen LogP contribution >= 0.6 is 28.1 Å². The van der Waals surface area contributed by atoms with Gasteiger partial charge in [-0.25, -0.2) is 0 Å². The number of halogens is 1. The third-order valence-electron chi connectivity index (χ3n) is 3.25. The Bertz CT molecular complexity index is 829. The van der Waals surface area contributed by atoms with Gasteiger partial charge in [0.05, 0.1) is 5.69 Å². The fourth-order valence-electron chi connectivity index (χ4n) is 2.43. The Kier molecular flexibility index (Phi) is 3.73. The number of aromatic amines is 1. The van der Waals surface area contributed by atoms with Crippen molar-refractivity contribution in [1.82, 2.24) is 19.7 Å². The minimum absolute atomic E-state index is 0.559. The Balaban J connectivity index is 2.30. The molecule has 1 aromatic carbocycles. The zero-order chi connectivity index (χ0) is 15.0. The summed E-state index contributed by atoms with van der Waals surface area (Å²) < 4.78 is 3.55. The van der Waals surface area contributed by atoms with Crippen LogP contribution in [-0.4, -0.2) is 19.7 Å². The molecule has 0 aliphatic rings. The highest BCUT2D eigenvalue weighted by Gasteiger charge is 2.15. The van der Waals surface area contributed by atoms with Gasteiger partial charge < -0.3 is 0 Å². The average Bonchev–Trinajstić information content (AvgIpc) is 2.81. The average molecular weight is 361 g/mol. The molecule has 0 atom stereocenters. The maximum absolute atomic E-state index is 5.41. The van der Waals surface area contributed by atoms with Gasteiger partial charge in [-0.05, 0) is 61.5 Å². The van der Waals surface area contributed by atoms with E-state index in [-0.39, 0.29) is 0 Å². The van der Waals surface area contributed by atoms with Crippen LogP contribution in [0.2, 0.25) is 0 Å². The molecule has 0 saturated carbocycles. The van der Waals surface area contributed by atoms with Crippen molar-refractivity contribution in [2.45, 2.75) is 13.8 Å². The van der Waals surface area contributed by atoms with E-state index in [0.717, 1.165) is 27.0 Å². The molecule has 0 aliphatic heterocycles. The molecule has 0 spiro atoms. The number of aryl methyl sites for hydroxylation is 2. The number of H-pyrrole nitrogens is 1. The summed E-state index contributed by atoms with van der Waals surface area (Å²) in [6, 6.07) is 9.88. The van der Waals surface area contributed by atoms with Crippen LogP contribution in [0.15, 0.2) is 41.0 Å². The number of nitrogens with one attached hydrogen (secondary N) is 1. The second-order valence-electron chi connectivity index (χ2n) is 4.79. The lowest BCUT2D eigenvalue weighted by atomic mass is 10.1. The smallest absolute Gasteiger partial charge is 0.200 e. The Labute approximate surface area is 136 Å². The number of benzene rings is 1. The van der Waals surface area contributed by atoms with E-state index in [9.17, 15) is 0 Å². The number of nitrogens with zero attached hydrogens (tertiary/aromatic N) is 3. The van der Waals surface area contributed by atoms with Crippen molar-refractivity contribution in [2.24, 2.45) is 0 Å². The molecule has 2 heterocycles. The molecule has 3 aromatic rings. The van der Waals surface area contributed by atoms with E-state index < -0.39 is 0 Å². The number of hydrogen-bond acceptors (Lipinski definition) is 3. The highest BCUT2D eigenvalue weighted by molar-refractivity contribution is 9.10. The van der Waals surface area contributed by atoms with Gasteiger partial charge >= 0.3 is 0 Å². The number of rotatable bonds is 2. The maximum atomic E-state index is 5.41. The monoisotopic (exact) mass is 360 g/mol. The number of aromatic nitrogens is 4. The summed E-state index contributed by atoms with van der Waals surface area (Å²) in [4.78, 5) is 4.37. The maximum Gasteiger partial charge on any atom is 0.200 e. The molecule has 21 heavy (non-hydrogen) atoms. The molecule has 106 valence electrons. The van der Waals surface area contributed by atoms with Gasteiger partial charge in [-0.2, -0.15) is 5.10 Å². The van der Waals surface area contributed by atoms with Crippen LogP contribution in [0.5, 0.6) is 0 Å². The fraction of sp³-hybridized carbons (Fsp3) is 0.133. The van der Waals surface area contributed by atoms with Crippen LogP contribution in [0.25, 0.3) is 17.2 Å². The highest BCUT2D eigenvalue weighted by Crippen LogP contribution is 2.27. The Morgan fingerprint density at radius 3 is 2.52 bits per heavy atom. The van der Waals surface area contributed by atoms with E-state index in [2.05, 4.69) is 57.1 Å². The fourth-order valence-corrected chi connectivity index (χ4v) is 3.34. The summed E-state index contributed by atoms with van der Waals surface area (Å²) in [5.41, 5.74) is 4.07. The molecule has 0 unspecified atom stereocenters. The minimum atomic E-state index is 0.559. The second kappa shape index (κ2) is 5.54. The molecule has 0 aliphatic carbocycles. The normalized spacial score (nSPS) is 10.8. The SMILES string of the molecule is Cc1cc(Br)cc(C)c1-n1c(-c2ccccn2)n[nH]c1=S. The third-order valence-corrected chi connectivity index (χ3v) is 3.98. The molecule has 4 nitrogen and oxygen atoms in total.